The predicted octanol–water partition coefficient (Wildman–Crippen LogP) is 1.95. The van der Waals surface area contributed by atoms with E-state index in [1.54, 1.807) is 11.8 Å². The Bertz CT molecular complexity index is 354. The number of aromatic nitrogens is 2. The topological polar surface area (TPSA) is 66.3 Å². The number of nitrogens with zero attached hydrogens (tertiary/aromatic N) is 3. The average molecular weight is 261 g/mol. The van der Waals surface area contributed by atoms with Crippen LogP contribution in [0.5, 0.6) is 0 Å². The number of aliphatic carboxylic acids is 1. The van der Waals surface area contributed by atoms with Gasteiger partial charge in [0.1, 0.15) is 0 Å². The summed E-state index contributed by atoms with van der Waals surface area (Å²) in [5.41, 5.74) is 0. The monoisotopic (exact) mass is 261 g/mol. The van der Waals surface area contributed by atoms with Crippen molar-refractivity contribution >= 4 is 34.2 Å². The van der Waals surface area contributed by atoms with Crippen LogP contribution < -0.4 is 4.90 Å². The molecule has 1 aromatic rings. The number of hydrogen-bond donors (Lipinski definition) is 1. The van der Waals surface area contributed by atoms with Crippen LogP contribution >= 0.6 is 23.1 Å². The summed E-state index contributed by atoms with van der Waals surface area (Å²) in [5.74, 6) is -0.751. The molecule has 0 bridgehead atoms. The number of carboxylic acid groups (broad SMARTS) is 1. The van der Waals surface area contributed by atoms with Crippen molar-refractivity contribution in [1.29, 1.82) is 0 Å². The molecular formula is C9H15N3O2S2. The molecule has 0 aromatic carbocycles. The highest BCUT2D eigenvalue weighted by molar-refractivity contribution is 8.01. The van der Waals surface area contributed by atoms with Crippen LogP contribution in [-0.2, 0) is 4.79 Å². The second kappa shape index (κ2) is 6.05. The van der Waals surface area contributed by atoms with Crippen molar-refractivity contribution < 1.29 is 9.90 Å². The molecule has 0 aliphatic carbocycles. The SMILES string of the molecule is CC(CCC(=O)O)Sc1nnc(N(C)C)s1. The van der Waals surface area contributed by atoms with Crippen LogP contribution in [0.25, 0.3) is 0 Å². The lowest BCUT2D eigenvalue weighted by atomic mass is 10.2. The number of rotatable bonds is 6. The minimum absolute atomic E-state index is 0.202. The molecule has 7 heteroatoms. The zero-order valence-electron chi connectivity index (χ0n) is 9.51. The Hall–Kier alpha value is -0.820. The van der Waals surface area contributed by atoms with E-state index in [0.717, 1.165) is 9.47 Å². The van der Waals surface area contributed by atoms with Crippen LogP contribution in [0.15, 0.2) is 4.34 Å². The molecule has 16 heavy (non-hydrogen) atoms. The van der Waals surface area contributed by atoms with Gasteiger partial charge in [-0.05, 0) is 6.42 Å². The zero-order valence-corrected chi connectivity index (χ0v) is 11.1. The fourth-order valence-electron chi connectivity index (χ4n) is 0.989. The third-order valence-corrected chi connectivity index (χ3v) is 4.19. The number of anilines is 1. The molecule has 1 rings (SSSR count). The summed E-state index contributed by atoms with van der Waals surface area (Å²) in [5, 5.41) is 17.7. The third kappa shape index (κ3) is 4.36. The molecule has 0 saturated heterocycles. The van der Waals surface area contributed by atoms with Gasteiger partial charge >= 0.3 is 5.97 Å². The fourth-order valence-corrected chi connectivity index (χ4v) is 3.07. The zero-order chi connectivity index (χ0) is 12.1. The van der Waals surface area contributed by atoms with Crippen LogP contribution in [0.3, 0.4) is 0 Å². The molecule has 1 atom stereocenters. The Morgan fingerprint density at radius 1 is 1.56 bits per heavy atom. The quantitative estimate of drug-likeness (QED) is 0.790. The summed E-state index contributed by atoms with van der Waals surface area (Å²) >= 11 is 3.10. The molecule has 0 aliphatic heterocycles. The Morgan fingerprint density at radius 3 is 2.75 bits per heavy atom. The summed E-state index contributed by atoms with van der Waals surface area (Å²) < 4.78 is 0.890. The van der Waals surface area contributed by atoms with Gasteiger partial charge in [-0.3, -0.25) is 4.79 Å². The maximum absolute atomic E-state index is 10.4. The molecular weight excluding hydrogens is 246 g/mol. The molecule has 0 spiro atoms. The van der Waals surface area contributed by atoms with Gasteiger partial charge in [0.15, 0.2) is 4.34 Å². The molecule has 0 radical (unpaired) electrons. The van der Waals surface area contributed by atoms with Gasteiger partial charge in [0.25, 0.3) is 0 Å². The van der Waals surface area contributed by atoms with Gasteiger partial charge in [0.2, 0.25) is 5.13 Å². The largest absolute Gasteiger partial charge is 0.481 e. The average Bonchev–Trinajstić information content (AvgIpc) is 2.63. The molecule has 1 aromatic heterocycles. The fraction of sp³-hybridized carbons (Fsp3) is 0.667. The standard InChI is InChI=1S/C9H15N3O2S2/c1-6(4-5-7(13)14)15-9-11-10-8(16-9)12(2)3/h6H,4-5H2,1-3H3,(H,13,14). The molecule has 1 unspecified atom stereocenters. The van der Waals surface area contributed by atoms with Crippen molar-refractivity contribution in [2.45, 2.75) is 29.4 Å². The number of hydrogen-bond acceptors (Lipinski definition) is 6. The first kappa shape index (κ1) is 13.2. The van der Waals surface area contributed by atoms with Crippen molar-refractivity contribution in [2.75, 3.05) is 19.0 Å². The lowest BCUT2D eigenvalue weighted by Crippen LogP contribution is -2.07. The van der Waals surface area contributed by atoms with Crippen molar-refractivity contribution in [3.63, 3.8) is 0 Å². The smallest absolute Gasteiger partial charge is 0.303 e. The van der Waals surface area contributed by atoms with Crippen LogP contribution in [0, 0.1) is 0 Å². The maximum Gasteiger partial charge on any atom is 0.303 e. The van der Waals surface area contributed by atoms with Gasteiger partial charge in [0.05, 0.1) is 0 Å². The summed E-state index contributed by atoms with van der Waals surface area (Å²) in [4.78, 5) is 12.3. The lowest BCUT2D eigenvalue weighted by molar-refractivity contribution is -0.137. The molecule has 5 nitrogen and oxygen atoms in total. The van der Waals surface area contributed by atoms with E-state index in [0.29, 0.717) is 6.42 Å². The first-order valence-corrected chi connectivity index (χ1v) is 6.58. The van der Waals surface area contributed by atoms with Gasteiger partial charge < -0.3 is 10.0 Å². The lowest BCUT2D eigenvalue weighted by Gasteiger charge is -2.06. The van der Waals surface area contributed by atoms with Gasteiger partial charge in [0, 0.05) is 25.8 Å². The molecule has 0 fully saturated rings. The Balaban J connectivity index is 2.43. The van der Waals surface area contributed by atoms with E-state index in [9.17, 15) is 4.79 Å². The highest BCUT2D eigenvalue weighted by atomic mass is 32.2. The van der Waals surface area contributed by atoms with E-state index in [1.165, 1.54) is 11.3 Å². The highest BCUT2D eigenvalue weighted by Gasteiger charge is 2.11. The molecule has 1 N–H and O–H groups in total. The minimum atomic E-state index is -0.751. The molecule has 0 amide bonds. The van der Waals surface area contributed by atoms with E-state index in [2.05, 4.69) is 10.2 Å². The molecule has 0 saturated carbocycles. The number of carbonyl (C=O) groups is 1. The predicted molar refractivity (Wildman–Crippen MR) is 66.4 cm³/mol. The van der Waals surface area contributed by atoms with Crippen molar-refractivity contribution in [2.24, 2.45) is 0 Å². The normalized spacial score (nSPS) is 12.4. The highest BCUT2D eigenvalue weighted by Crippen LogP contribution is 2.31. The summed E-state index contributed by atoms with van der Waals surface area (Å²) in [6.45, 7) is 2.00. The Labute approximate surface area is 103 Å². The summed E-state index contributed by atoms with van der Waals surface area (Å²) in [6, 6.07) is 0. The minimum Gasteiger partial charge on any atom is -0.481 e. The van der Waals surface area contributed by atoms with E-state index in [1.807, 2.05) is 25.9 Å². The van der Waals surface area contributed by atoms with Crippen LogP contribution in [0.4, 0.5) is 5.13 Å². The van der Waals surface area contributed by atoms with Gasteiger partial charge in [-0.15, -0.1) is 10.2 Å². The van der Waals surface area contributed by atoms with E-state index in [4.69, 9.17) is 5.11 Å². The van der Waals surface area contributed by atoms with Gasteiger partial charge in [-0.25, -0.2) is 0 Å². The number of carboxylic acids is 1. The van der Waals surface area contributed by atoms with Crippen LogP contribution in [0.2, 0.25) is 0 Å². The van der Waals surface area contributed by atoms with Crippen molar-refractivity contribution in [3.05, 3.63) is 0 Å². The van der Waals surface area contributed by atoms with Gasteiger partial charge in [-0.2, -0.15) is 0 Å². The third-order valence-electron chi connectivity index (χ3n) is 1.85. The second-order valence-corrected chi connectivity index (χ2v) is 6.25. The Kier molecular flexibility index (Phi) is 5.01. The first-order chi connectivity index (χ1) is 7.49. The van der Waals surface area contributed by atoms with Crippen molar-refractivity contribution in [1.82, 2.24) is 10.2 Å². The van der Waals surface area contributed by atoms with Crippen LogP contribution in [-0.4, -0.2) is 40.6 Å². The second-order valence-electron chi connectivity index (χ2n) is 3.61. The Morgan fingerprint density at radius 2 is 2.25 bits per heavy atom. The first-order valence-electron chi connectivity index (χ1n) is 4.88. The summed E-state index contributed by atoms with van der Waals surface area (Å²) in [7, 11) is 3.84. The van der Waals surface area contributed by atoms with Crippen molar-refractivity contribution in [3.8, 4) is 0 Å². The number of thioether (sulfide) groups is 1. The summed E-state index contributed by atoms with van der Waals surface area (Å²) in [6.07, 6.45) is 0.852. The van der Waals surface area contributed by atoms with Crippen LogP contribution in [0.1, 0.15) is 19.8 Å². The van der Waals surface area contributed by atoms with Gasteiger partial charge in [-0.1, -0.05) is 30.0 Å². The molecule has 0 aliphatic rings. The van der Waals surface area contributed by atoms with E-state index >= 15 is 0 Å². The van der Waals surface area contributed by atoms with E-state index in [-0.39, 0.29) is 11.7 Å². The maximum atomic E-state index is 10.4. The van der Waals surface area contributed by atoms with E-state index < -0.39 is 5.97 Å². The molecule has 1 heterocycles. The molecule has 90 valence electrons.